The van der Waals surface area contributed by atoms with Gasteiger partial charge in [0.15, 0.2) is 28.8 Å². The molecule has 2 N–H and O–H groups in total. The van der Waals surface area contributed by atoms with Gasteiger partial charge in [-0.2, -0.15) is 0 Å². The van der Waals surface area contributed by atoms with Crippen LogP contribution in [0.3, 0.4) is 0 Å². The maximum atomic E-state index is 12.8. The second-order valence-corrected chi connectivity index (χ2v) is 5.82. The minimum atomic E-state index is -0.578. The summed E-state index contributed by atoms with van der Waals surface area (Å²) in [6.07, 6.45) is 2.52. The van der Waals surface area contributed by atoms with E-state index < -0.39 is 5.78 Å². The summed E-state index contributed by atoms with van der Waals surface area (Å²) in [5.74, 6) is 0.00381. The number of hydrogen-bond acceptors (Lipinski definition) is 9. The summed E-state index contributed by atoms with van der Waals surface area (Å²) >= 11 is 0. The molecule has 0 spiro atoms. The van der Waals surface area contributed by atoms with Gasteiger partial charge in [0.1, 0.15) is 11.3 Å². The average Bonchev–Trinajstić information content (AvgIpc) is 3.18. The van der Waals surface area contributed by atoms with Gasteiger partial charge in [0.05, 0.1) is 28.4 Å². The van der Waals surface area contributed by atoms with Gasteiger partial charge in [-0.3, -0.25) is 4.79 Å². The molecule has 3 rings (SSSR count). The number of ether oxygens (including phenoxy) is 6. The quantitative estimate of drug-likeness (QED) is 0.531. The van der Waals surface area contributed by atoms with Crippen molar-refractivity contribution in [2.45, 2.75) is 0 Å². The third-order valence-corrected chi connectivity index (χ3v) is 4.30. The molecule has 0 atom stereocenters. The van der Waals surface area contributed by atoms with Gasteiger partial charge in [0.2, 0.25) is 24.0 Å². The standard InChI is InChI=1S/C20H20O9/c1-24-13-7-10(16(23)20(27-4)17(13)25-2)5-6-11(21)15-12(22)8-14-18(19(15)26-3)29-9-28-14/h5-8,22-23H,9H2,1-4H3. The van der Waals surface area contributed by atoms with Gasteiger partial charge >= 0.3 is 0 Å². The fraction of sp³-hybridized carbons (Fsp3) is 0.250. The molecule has 0 radical (unpaired) electrons. The first-order valence-electron chi connectivity index (χ1n) is 8.40. The van der Waals surface area contributed by atoms with Crippen molar-refractivity contribution in [1.29, 1.82) is 0 Å². The lowest BCUT2D eigenvalue weighted by molar-refractivity contribution is 0.104. The second-order valence-electron chi connectivity index (χ2n) is 5.82. The minimum absolute atomic E-state index is 0.0437. The fourth-order valence-electron chi connectivity index (χ4n) is 2.97. The number of carbonyl (C=O) groups is 1. The van der Waals surface area contributed by atoms with Crippen LogP contribution in [-0.2, 0) is 0 Å². The van der Waals surface area contributed by atoms with Crippen molar-refractivity contribution < 1.29 is 43.4 Å². The molecular formula is C20H20O9. The number of hydrogen-bond donors (Lipinski definition) is 2. The number of allylic oxidation sites excluding steroid dienone is 1. The Balaban J connectivity index is 2.03. The molecular weight excluding hydrogens is 384 g/mol. The van der Waals surface area contributed by atoms with Crippen molar-refractivity contribution in [3.63, 3.8) is 0 Å². The molecule has 9 nitrogen and oxygen atoms in total. The van der Waals surface area contributed by atoms with Crippen LogP contribution in [0.25, 0.3) is 6.08 Å². The van der Waals surface area contributed by atoms with Crippen molar-refractivity contribution in [1.82, 2.24) is 0 Å². The second kappa shape index (κ2) is 8.09. The van der Waals surface area contributed by atoms with Crippen molar-refractivity contribution in [2.24, 2.45) is 0 Å². The summed E-state index contributed by atoms with van der Waals surface area (Å²) in [6, 6.07) is 2.76. The Kier molecular flexibility index (Phi) is 5.58. The van der Waals surface area contributed by atoms with Crippen LogP contribution in [-0.4, -0.2) is 51.2 Å². The molecule has 2 aromatic carbocycles. The van der Waals surface area contributed by atoms with E-state index in [2.05, 4.69) is 0 Å². The smallest absolute Gasteiger partial charge is 0.231 e. The number of benzene rings is 2. The van der Waals surface area contributed by atoms with E-state index in [4.69, 9.17) is 28.4 Å². The number of carbonyl (C=O) groups excluding carboxylic acids is 1. The molecule has 0 unspecified atom stereocenters. The molecule has 0 aromatic heterocycles. The molecule has 0 fully saturated rings. The molecule has 2 aromatic rings. The highest BCUT2D eigenvalue weighted by Gasteiger charge is 2.28. The zero-order chi connectivity index (χ0) is 21.1. The van der Waals surface area contributed by atoms with E-state index in [1.807, 2.05) is 0 Å². The summed E-state index contributed by atoms with van der Waals surface area (Å²) in [5, 5.41) is 20.7. The lowest BCUT2D eigenvalue weighted by atomic mass is 10.0. The van der Waals surface area contributed by atoms with Crippen LogP contribution in [0.2, 0.25) is 0 Å². The first-order valence-corrected chi connectivity index (χ1v) is 8.40. The SMILES string of the molecule is COc1cc(C=CC(=O)c2c(O)cc3c(c2OC)OCO3)c(O)c(OC)c1OC. The molecule has 0 saturated heterocycles. The van der Waals surface area contributed by atoms with Crippen molar-refractivity contribution in [3.05, 3.63) is 29.3 Å². The average molecular weight is 404 g/mol. The van der Waals surface area contributed by atoms with Crippen LogP contribution in [0.15, 0.2) is 18.2 Å². The van der Waals surface area contributed by atoms with E-state index >= 15 is 0 Å². The van der Waals surface area contributed by atoms with Gasteiger partial charge in [0, 0.05) is 11.6 Å². The lowest BCUT2D eigenvalue weighted by Gasteiger charge is -2.15. The molecule has 154 valence electrons. The molecule has 1 aliphatic rings. The Hall–Kier alpha value is -3.75. The Morgan fingerprint density at radius 2 is 1.66 bits per heavy atom. The number of rotatable bonds is 7. The van der Waals surface area contributed by atoms with Crippen molar-refractivity contribution >= 4 is 11.9 Å². The van der Waals surface area contributed by atoms with Crippen LogP contribution in [0, 0.1) is 0 Å². The lowest BCUT2D eigenvalue weighted by Crippen LogP contribution is -2.01. The molecule has 0 aliphatic carbocycles. The van der Waals surface area contributed by atoms with Crippen LogP contribution in [0.1, 0.15) is 15.9 Å². The topological polar surface area (TPSA) is 113 Å². The first kappa shape index (κ1) is 20.0. The summed E-state index contributed by atoms with van der Waals surface area (Å²) in [6.45, 7) is -0.0437. The maximum Gasteiger partial charge on any atom is 0.231 e. The van der Waals surface area contributed by atoms with E-state index in [1.165, 1.54) is 52.7 Å². The number of phenols is 2. The van der Waals surface area contributed by atoms with Crippen molar-refractivity contribution in [2.75, 3.05) is 35.2 Å². The summed E-state index contributed by atoms with van der Waals surface area (Å²) in [7, 11) is 5.56. The van der Waals surface area contributed by atoms with E-state index in [1.54, 1.807) is 0 Å². The van der Waals surface area contributed by atoms with Gasteiger partial charge in [-0.25, -0.2) is 0 Å². The molecule has 0 saturated carbocycles. The first-order chi connectivity index (χ1) is 14.0. The van der Waals surface area contributed by atoms with Crippen LogP contribution < -0.4 is 28.4 Å². The largest absolute Gasteiger partial charge is 0.507 e. The Morgan fingerprint density at radius 3 is 2.28 bits per heavy atom. The molecule has 29 heavy (non-hydrogen) atoms. The summed E-state index contributed by atoms with van der Waals surface area (Å²) in [4.78, 5) is 12.8. The normalized spacial score (nSPS) is 12.1. The molecule has 1 heterocycles. The number of aromatic hydroxyl groups is 2. The third kappa shape index (κ3) is 3.42. The van der Waals surface area contributed by atoms with E-state index in [0.717, 1.165) is 0 Å². The highest BCUT2D eigenvalue weighted by Crippen LogP contribution is 2.48. The predicted octanol–water partition coefficient (Wildman–Crippen LogP) is 2.76. The van der Waals surface area contributed by atoms with Gasteiger partial charge in [-0.15, -0.1) is 0 Å². The zero-order valence-electron chi connectivity index (χ0n) is 16.3. The number of phenolic OH excluding ortho intramolecular Hbond substituents is 2. The van der Waals surface area contributed by atoms with E-state index in [9.17, 15) is 15.0 Å². The van der Waals surface area contributed by atoms with Crippen molar-refractivity contribution in [3.8, 4) is 46.0 Å². The van der Waals surface area contributed by atoms with Gasteiger partial charge in [0.25, 0.3) is 0 Å². The Bertz CT molecular complexity index is 979. The number of fused-ring (bicyclic) bond motifs is 1. The monoisotopic (exact) mass is 404 g/mol. The number of methoxy groups -OCH3 is 4. The van der Waals surface area contributed by atoms with E-state index in [-0.39, 0.29) is 58.2 Å². The Labute approximate surface area is 166 Å². The highest BCUT2D eigenvalue weighted by molar-refractivity contribution is 6.11. The molecule has 0 bridgehead atoms. The summed E-state index contributed by atoms with van der Waals surface area (Å²) in [5.41, 5.74) is 0.145. The maximum absolute atomic E-state index is 12.8. The third-order valence-electron chi connectivity index (χ3n) is 4.30. The Morgan fingerprint density at radius 1 is 0.966 bits per heavy atom. The van der Waals surface area contributed by atoms with Crippen LogP contribution in [0.5, 0.6) is 46.0 Å². The van der Waals surface area contributed by atoms with Gasteiger partial charge in [-0.05, 0) is 18.2 Å². The predicted molar refractivity (Wildman–Crippen MR) is 102 cm³/mol. The van der Waals surface area contributed by atoms with Crippen LogP contribution in [0.4, 0.5) is 0 Å². The van der Waals surface area contributed by atoms with Gasteiger partial charge < -0.3 is 38.6 Å². The van der Waals surface area contributed by atoms with Crippen LogP contribution >= 0.6 is 0 Å². The van der Waals surface area contributed by atoms with E-state index in [0.29, 0.717) is 5.75 Å². The fourth-order valence-corrected chi connectivity index (χ4v) is 2.97. The molecule has 1 aliphatic heterocycles. The molecule has 9 heteroatoms. The minimum Gasteiger partial charge on any atom is -0.507 e. The number of ketones is 1. The molecule has 0 amide bonds. The summed E-state index contributed by atoms with van der Waals surface area (Å²) < 4.78 is 31.4. The highest BCUT2D eigenvalue weighted by atomic mass is 16.7. The van der Waals surface area contributed by atoms with Gasteiger partial charge in [-0.1, -0.05) is 0 Å². The zero-order valence-corrected chi connectivity index (χ0v) is 16.3.